The Kier molecular flexibility index (Phi) is 6.42. The first-order valence-electron chi connectivity index (χ1n) is 6.55. The number of nitro groups is 1. The van der Waals surface area contributed by atoms with Crippen LogP contribution in [0, 0.1) is 10.1 Å². The number of pyridine rings is 1. The highest BCUT2D eigenvalue weighted by atomic mass is 16.6. The highest BCUT2D eigenvalue weighted by Gasteiger charge is 2.11. The first-order chi connectivity index (χ1) is 9.54. The number of nitrogens with zero attached hydrogens (tertiary/aromatic N) is 2. The molecule has 0 aromatic carbocycles. The van der Waals surface area contributed by atoms with Crippen molar-refractivity contribution in [3.63, 3.8) is 0 Å². The lowest BCUT2D eigenvalue weighted by molar-refractivity contribution is -0.385. The fourth-order valence-corrected chi connectivity index (χ4v) is 1.65. The average molecular weight is 282 g/mol. The van der Waals surface area contributed by atoms with Crippen LogP contribution >= 0.6 is 0 Å². The van der Waals surface area contributed by atoms with Gasteiger partial charge >= 0.3 is 5.97 Å². The molecule has 1 aromatic heterocycles. The monoisotopic (exact) mass is 282 g/mol. The Morgan fingerprint density at radius 1 is 1.35 bits per heavy atom. The molecule has 7 nitrogen and oxygen atoms in total. The molecule has 0 aliphatic rings. The third kappa shape index (κ3) is 5.21. The van der Waals surface area contributed by atoms with Gasteiger partial charge in [0.25, 0.3) is 11.2 Å². The Balaban J connectivity index is 2.51. The number of carbonyl (C=O) groups excluding carboxylic acids is 1. The van der Waals surface area contributed by atoms with Crippen LogP contribution in [0.15, 0.2) is 23.1 Å². The Morgan fingerprint density at radius 3 is 2.75 bits per heavy atom. The quantitative estimate of drug-likeness (QED) is 0.314. The number of esters is 1. The van der Waals surface area contributed by atoms with E-state index in [2.05, 4.69) is 6.92 Å². The summed E-state index contributed by atoms with van der Waals surface area (Å²) in [5.74, 6) is -0.566. The lowest BCUT2D eigenvalue weighted by Gasteiger charge is -2.06. The van der Waals surface area contributed by atoms with Gasteiger partial charge in [-0.05, 0) is 6.42 Å². The molecule has 0 aliphatic carbocycles. The Bertz CT molecular complexity index is 524. The van der Waals surface area contributed by atoms with Crippen molar-refractivity contribution in [1.82, 2.24) is 4.57 Å². The number of rotatable bonds is 8. The van der Waals surface area contributed by atoms with E-state index in [0.29, 0.717) is 6.61 Å². The molecule has 0 bridgehead atoms. The van der Waals surface area contributed by atoms with Crippen molar-refractivity contribution in [3.8, 4) is 0 Å². The minimum absolute atomic E-state index is 0.236. The van der Waals surface area contributed by atoms with Gasteiger partial charge < -0.3 is 4.74 Å². The number of ether oxygens (including phenoxy) is 1. The van der Waals surface area contributed by atoms with E-state index in [1.165, 1.54) is 0 Å². The van der Waals surface area contributed by atoms with Crippen molar-refractivity contribution in [2.45, 2.75) is 39.2 Å². The number of unbranched alkanes of at least 4 members (excludes halogenated alkanes) is 3. The van der Waals surface area contributed by atoms with Crippen LogP contribution in [0.25, 0.3) is 0 Å². The van der Waals surface area contributed by atoms with Gasteiger partial charge in [0.2, 0.25) is 0 Å². The SMILES string of the molecule is CCCCCCOC(=O)Cn1cc([N+](=O)[O-])ccc1=O. The van der Waals surface area contributed by atoms with Crippen molar-refractivity contribution in [3.05, 3.63) is 38.8 Å². The van der Waals surface area contributed by atoms with Crippen LogP contribution in [0.2, 0.25) is 0 Å². The van der Waals surface area contributed by atoms with Crippen molar-refractivity contribution in [1.29, 1.82) is 0 Å². The van der Waals surface area contributed by atoms with Gasteiger partial charge in [0.05, 0.1) is 17.7 Å². The van der Waals surface area contributed by atoms with E-state index in [9.17, 15) is 19.7 Å². The van der Waals surface area contributed by atoms with Gasteiger partial charge in [-0.2, -0.15) is 0 Å². The minimum atomic E-state index is -0.619. The summed E-state index contributed by atoms with van der Waals surface area (Å²) in [6.07, 6.45) is 4.99. The lowest BCUT2D eigenvalue weighted by atomic mass is 10.2. The summed E-state index contributed by atoms with van der Waals surface area (Å²) in [4.78, 5) is 33.0. The molecule has 0 saturated heterocycles. The third-order valence-electron chi connectivity index (χ3n) is 2.74. The lowest BCUT2D eigenvalue weighted by Crippen LogP contribution is -2.24. The van der Waals surface area contributed by atoms with Crippen LogP contribution in [0.3, 0.4) is 0 Å². The van der Waals surface area contributed by atoms with Gasteiger partial charge in [0, 0.05) is 12.1 Å². The molecule has 0 fully saturated rings. The van der Waals surface area contributed by atoms with Gasteiger partial charge in [-0.3, -0.25) is 24.3 Å². The van der Waals surface area contributed by atoms with Crippen LogP contribution in [-0.2, 0) is 16.1 Å². The minimum Gasteiger partial charge on any atom is -0.464 e. The molecule has 110 valence electrons. The average Bonchev–Trinajstić information content (AvgIpc) is 2.40. The molecule has 7 heteroatoms. The maximum absolute atomic E-state index is 11.5. The fraction of sp³-hybridized carbons (Fsp3) is 0.538. The smallest absolute Gasteiger partial charge is 0.326 e. The van der Waals surface area contributed by atoms with Gasteiger partial charge in [0.1, 0.15) is 6.54 Å². The van der Waals surface area contributed by atoms with Crippen LogP contribution in [0.5, 0.6) is 0 Å². The molecule has 1 aromatic rings. The molecule has 0 radical (unpaired) electrons. The molecule has 20 heavy (non-hydrogen) atoms. The third-order valence-corrected chi connectivity index (χ3v) is 2.74. The molecule has 0 atom stereocenters. The van der Waals surface area contributed by atoms with Crippen LogP contribution < -0.4 is 5.56 Å². The number of aromatic nitrogens is 1. The standard InChI is InChI=1S/C13H18N2O5/c1-2-3-4-5-8-20-13(17)10-14-9-11(15(18)19)6-7-12(14)16/h6-7,9H,2-5,8,10H2,1H3. The van der Waals surface area contributed by atoms with E-state index < -0.39 is 16.5 Å². The van der Waals surface area contributed by atoms with Gasteiger partial charge in [0.15, 0.2) is 0 Å². The molecule has 0 unspecified atom stereocenters. The van der Waals surface area contributed by atoms with E-state index in [1.54, 1.807) is 0 Å². The molecule has 0 spiro atoms. The summed E-state index contributed by atoms with van der Waals surface area (Å²) in [5.41, 5.74) is -0.709. The first-order valence-corrected chi connectivity index (χ1v) is 6.55. The molecular formula is C13H18N2O5. The maximum atomic E-state index is 11.5. The van der Waals surface area contributed by atoms with E-state index in [1.807, 2.05) is 0 Å². The zero-order chi connectivity index (χ0) is 15.0. The summed E-state index contributed by atoms with van der Waals surface area (Å²) in [7, 11) is 0. The second-order valence-electron chi connectivity index (χ2n) is 4.39. The molecule has 0 amide bonds. The highest BCUT2D eigenvalue weighted by molar-refractivity contribution is 5.69. The zero-order valence-corrected chi connectivity index (χ0v) is 11.4. The van der Waals surface area contributed by atoms with Gasteiger partial charge in [-0.25, -0.2) is 0 Å². The van der Waals surface area contributed by atoms with Crippen molar-refractivity contribution >= 4 is 11.7 Å². The largest absolute Gasteiger partial charge is 0.464 e. The van der Waals surface area contributed by atoms with Gasteiger partial charge in [-0.15, -0.1) is 0 Å². The molecule has 0 saturated carbocycles. The number of carbonyl (C=O) groups is 1. The molecule has 1 rings (SSSR count). The van der Waals surface area contributed by atoms with Crippen LogP contribution in [0.4, 0.5) is 5.69 Å². The van der Waals surface area contributed by atoms with E-state index >= 15 is 0 Å². The summed E-state index contributed by atoms with van der Waals surface area (Å²) >= 11 is 0. The fourth-order valence-electron chi connectivity index (χ4n) is 1.65. The molecule has 0 aliphatic heterocycles. The van der Waals surface area contributed by atoms with E-state index in [-0.39, 0.29) is 12.2 Å². The summed E-state index contributed by atoms with van der Waals surface area (Å²) in [6, 6.07) is 2.17. The Morgan fingerprint density at radius 2 is 2.10 bits per heavy atom. The topological polar surface area (TPSA) is 91.4 Å². The summed E-state index contributed by atoms with van der Waals surface area (Å²) in [6.45, 7) is 2.08. The van der Waals surface area contributed by atoms with Crippen molar-refractivity contribution < 1.29 is 14.5 Å². The van der Waals surface area contributed by atoms with Crippen molar-refractivity contribution in [2.75, 3.05) is 6.61 Å². The molecular weight excluding hydrogens is 264 g/mol. The zero-order valence-electron chi connectivity index (χ0n) is 11.4. The number of hydrogen-bond donors (Lipinski definition) is 0. The van der Waals surface area contributed by atoms with Crippen molar-refractivity contribution in [2.24, 2.45) is 0 Å². The van der Waals surface area contributed by atoms with Crippen LogP contribution in [0.1, 0.15) is 32.6 Å². The first kappa shape index (κ1) is 15.9. The normalized spacial score (nSPS) is 10.2. The van der Waals surface area contributed by atoms with E-state index in [4.69, 9.17) is 4.74 Å². The predicted molar refractivity (Wildman–Crippen MR) is 72.5 cm³/mol. The Hall–Kier alpha value is -2.18. The molecule has 0 N–H and O–H groups in total. The predicted octanol–water partition coefficient (Wildman–Crippen LogP) is 1.88. The summed E-state index contributed by atoms with van der Waals surface area (Å²) < 4.78 is 5.96. The van der Waals surface area contributed by atoms with Gasteiger partial charge in [-0.1, -0.05) is 26.2 Å². The Labute approximate surface area is 116 Å². The summed E-state index contributed by atoms with van der Waals surface area (Å²) in [5, 5.41) is 10.6. The molecule has 1 heterocycles. The highest BCUT2D eigenvalue weighted by Crippen LogP contribution is 2.06. The number of hydrogen-bond acceptors (Lipinski definition) is 5. The second kappa shape index (κ2) is 8.08. The maximum Gasteiger partial charge on any atom is 0.326 e. The van der Waals surface area contributed by atoms with Crippen LogP contribution in [-0.4, -0.2) is 22.1 Å². The van der Waals surface area contributed by atoms with E-state index in [0.717, 1.165) is 48.6 Å². The second-order valence-corrected chi connectivity index (χ2v) is 4.39.